The Morgan fingerprint density at radius 3 is 1.95 bits per heavy atom. The van der Waals surface area contributed by atoms with Crippen molar-refractivity contribution in [2.45, 2.75) is 41.2 Å². The lowest BCUT2D eigenvalue weighted by atomic mass is 9.89. The van der Waals surface area contributed by atoms with Gasteiger partial charge in [0.15, 0.2) is 5.69 Å². The van der Waals surface area contributed by atoms with Crippen LogP contribution in [0, 0.1) is 45.9 Å². The maximum atomic E-state index is 8.72. The molecule has 4 nitrogen and oxygen atoms in total. The number of rotatable bonds is 3. The van der Waals surface area contributed by atoms with Gasteiger partial charge in [0.1, 0.15) is 11.9 Å². The average Bonchev–Trinajstić information content (AvgIpc) is 2.51. The molecule has 0 aliphatic rings. The second-order valence-corrected chi connectivity index (χ2v) is 5.37. The van der Waals surface area contributed by atoms with Gasteiger partial charge in [-0.3, -0.25) is 0 Å². The van der Waals surface area contributed by atoms with Gasteiger partial charge in [-0.1, -0.05) is 0 Å². The Balaban J connectivity index is 2.26. The third-order valence-electron chi connectivity index (χ3n) is 4.38. The zero-order valence-electron chi connectivity index (χ0n) is 13.2. The quantitative estimate of drug-likeness (QED) is 0.934. The number of nitriles is 1. The van der Waals surface area contributed by atoms with Crippen molar-refractivity contribution in [1.29, 1.82) is 5.26 Å². The Bertz CT molecular complexity index is 680. The second-order valence-electron chi connectivity index (χ2n) is 5.37. The lowest BCUT2D eigenvalue weighted by Gasteiger charge is -2.19. The first-order valence-electron chi connectivity index (χ1n) is 6.99. The molecule has 108 valence electrons. The molecule has 1 N–H and O–H groups in total. The van der Waals surface area contributed by atoms with Crippen molar-refractivity contribution < 1.29 is 0 Å². The van der Waals surface area contributed by atoms with Gasteiger partial charge in [-0.15, -0.1) is 10.2 Å². The molecule has 0 unspecified atom stereocenters. The van der Waals surface area contributed by atoms with Gasteiger partial charge in [0.25, 0.3) is 0 Å². The largest absolute Gasteiger partial charge is 0.364 e. The molecule has 0 aliphatic carbocycles. The number of benzene rings is 1. The highest BCUT2D eigenvalue weighted by Crippen LogP contribution is 2.26. The molecule has 0 saturated heterocycles. The van der Waals surface area contributed by atoms with Crippen molar-refractivity contribution in [3.05, 3.63) is 51.2 Å². The van der Waals surface area contributed by atoms with Crippen LogP contribution in [0.15, 0.2) is 12.1 Å². The number of hydrogen-bond donors (Lipinski definition) is 1. The number of nitrogens with one attached hydrogen (secondary N) is 1. The summed E-state index contributed by atoms with van der Waals surface area (Å²) < 4.78 is 0. The van der Waals surface area contributed by atoms with E-state index in [0.29, 0.717) is 18.1 Å². The summed E-state index contributed by atoms with van der Waals surface area (Å²) in [5, 5.41) is 19.8. The van der Waals surface area contributed by atoms with E-state index in [1.165, 1.54) is 33.4 Å². The van der Waals surface area contributed by atoms with Gasteiger partial charge in [0, 0.05) is 6.54 Å². The molecule has 4 heteroatoms. The van der Waals surface area contributed by atoms with Crippen LogP contribution in [0.5, 0.6) is 0 Å². The van der Waals surface area contributed by atoms with Crippen molar-refractivity contribution in [3.63, 3.8) is 0 Å². The van der Waals surface area contributed by atoms with E-state index in [1.54, 1.807) is 12.1 Å². The predicted molar refractivity (Wildman–Crippen MR) is 84.2 cm³/mol. The Morgan fingerprint density at radius 1 is 0.905 bits per heavy atom. The first kappa shape index (κ1) is 15.0. The molecule has 2 aromatic rings. The van der Waals surface area contributed by atoms with Crippen LogP contribution in [0.3, 0.4) is 0 Å². The van der Waals surface area contributed by atoms with Gasteiger partial charge in [-0.25, -0.2) is 0 Å². The SMILES string of the molecule is Cc1c(C)c(C)c(CNc2ccc(C#N)nn2)c(C)c1C. The van der Waals surface area contributed by atoms with E-state index in [9.17, 15) is 0 Å². The summed E-state index contributed by atoms with van der Waals surface area (Å²) in [6.07, 6.45) is 0. The van der Waals surface area contributed by atoms with Gasteiger partial charge in [0.2, 0.25) is 0 Å². The maximum absolute atomic E-state index is 8.72. The second kappa shape index (κ2) is 5.92. The van der Waals surface area contributed by atoms with Gasteiger partial charge in [0.05, 0.1) is 0 Å². The first-order chi connectivity index (χ1) is 9.95. The maximum Gasteiger partial charge on any atom is 0.163 e. The van der Waals surface area contributed by atoms with Crippen LogP contribution in [0.4, 0.5) is 5.82 Å². The smallest absolute Gasteiger partial charge is 0.163 e. The molecule has 1 aromatic heterocycles. The molecule has 0 atom stereocenters. The van der Waals surface area contributed by atoms with Crippen molar-refractivity contribution in [1.82, 2.24) is 10.2 Å². The zero-order chi connectivity index (χ0) is 15.6. The van der Waals surface area contributed by atoms with Gasteiger partial charge in [-0.2, -0.15) is 5.26 Å². The third kappa shape index (κ3) is 2.87. The molecule has 0 amide bonds. The molecule has 1 heterocycles. The van der Waals surface area contributed by atoms with Crippen LogP contribution in [-0.2, 0) is 6.54 Å². The first-order valence-corrected chi connectivity index (χ1v) is 6.99. The van der Waals surface area contributed by atoms with Crippen LogP contribution in [0.1, 0.15) is 39.1 Å². The third-order valence-corrected chi connectivity index (χ3v) is 4.38. The minimum Gasteiger partial charge on any atom is -0.364 e. The van der Waals surface area contributed by atoms with Crippen molar-refractivity contribution in [2.75, 3.05) is 5.32 Å². The predicted octanol–water partition coefficient (Wildman–Crippen LogP) is 3.50. The Hall–Kier alpha value is -2.41. The fourth-order valence-corrected chi connectivity index (χ4v) is 2.51. The number of hydrogen-bond acceptors (Lipinski definition) is 4. The van der Waals surface area contributed by atoms with E-state index in [0.717, 1.165) is 0 Å². The topological polar surface area (TPSA) is 61.6 Å². The summed E-state index contributed by atoms with van der Waals surface area (Å²) in [4.78, 5) is 0. The van der Waals surface area contributed by atoms with E-state index in [4.69, 9.17) is 5.26 Å². The average molecular weight is 280 g/mol. The van der Waals surface area contributed by atoms with Crippen molar-refractivity contribution >= 4 is 5.82 Å². The molecule has 0 bridgehead atoms. The fourth-order valence-electron chi connectivity index (χ4n) is 2.51. The lowest BCUT2D eigenvalue weighted by molar-refractivity contribution is 0.971. The van der Waals surface area contributed by atoms with E-state index >= 15 is 0 Å². The monoisotopic (exact) mass is 280 g/mol. The minimum atomic E-state index is 0.329. The Kier molecular flexibility index (Phi) is 4.23. The molecule has 1 aromatic carbocycles. The molecule has 0 radical (unpaired) electrons. The standard InChI is InChI=1S/C17H20N4/c1-10-11(2)13(4)16(14(5)12(10)3)9-19-17-7-6-15(8-18)20-21-17/h6-7H,9H2,1-5H3,(H,19,21). The highest BCUT2D eigenvalue weighted by molar-refractivity contribution is 5.50. The summed E-state index contributed by atoms with van der Waals surface area (Å²) >= 11 is 0. The van der Waals surface area contributed by atoms with Gasteiger partial charge >= 0.3 is 0 Å². The van der Waals surface area contributed by atoms with Gasteiger partial charge in [-0.05, 0) is 80.1 Å². The number of nitrogens with zero attached hydrogens (tertiary/aromatic N) is 3. The van der Waals surface area contributed by atoms with Crippen LogP contribution in [0.2, 0.25) is 0 Å². The van der Waals surface area contributed by atoms with E-state index < -0.39 is 0 Å². The summed E-state index contributed by atoms with van der Waals surface area (Å²) in [6, 6.07) is 5.42. The molecule has 0 aliphatic heterocycles. The van der Waals surface area contributed by atoms with E-state index in [-0.39, 0.29) is 0 Å². The van der Waals surface area contributed by atoms with Crippen LogP contribution in [0.25, 0.3) is 0 Å². The molecule has 0 fully saturated rings. The Labute approximate surface area is 125 Å². The summed E-state index contributed by atoms with van der Waals surface area (Å²) in [5.74, 6) is 0.684. The highest BCUT2D eigenvalue weighted by atomic mass is 15.2. The van der Waals surface area contributed by atoms with E-state index in [1.807, 2.05) is 6.07 Å². The zero-order valence-corrected chi connectivity index (χ0v) is 13.2. The fraction of sp³-hybridized carbons (Fsp3) is 0.353. The molecule has 0 spiro atoms. The normalized spacial score (nSPS) is 10.3. The lowest BCUT2D eigenvalue weighted by Crippen LogP contribution is -2.09. The minimum absolute atomic E-state index is 0.329. The molecular weight excluding hydrogens is 260 g/mol. The van der Waals surface area contributed by atoms with Crippen molar-refractivity contribution in [3.8, 4) is 6.07 Å². The number of anilines is 1. The molecular formula is C17H20N4. The van der Waals surface area contributed by atoms with Crippen LogP contribution >= 0.6 is 0 Å². The van der Waals surface area contributed by atoms with Crippen LogP contribution < -0.4 is 5.32 Å². The number of aromatic nitrogens is 2. The summed E-state index contributed by atoms with van der Waals surface area (Å²) in [7, 11) is 0. The van der Waals surface area contributed by atoms with Gasteiger partial charge < -0.3 is 5.32 Å². The molecule has 2 rings (SSSR count). The van der Waals surface area contributed by atoms with Crippen molar-refractivity contribution in [2.24, 2.45) is 0 Å². The molecule has 21 heavy (non-hydrogen) atoms. The highest BCUT2D eigenvalue weighted by Gasteiger charge is 2.12. The van der Waals surface area contributed by atoms with Crippen LogP contribution in [-0.4, -0.2) is 10.2 Å². The summed E-state index contributed by atoms with van der Waals surface area (Å²) in [5.41, 5.74) is 8.35. The summed E-state index contributed by atoms with van der Waals surface area (Å²) in [6.45, 7) is 11.5. The Morgan fingerprint density at radius 2 is 1.48 bits per heavy atom. The molecule has 0 saturated carbocycles. The van der Waals surface area contributed by atoms with E-state index in [2.05, 4.69) is 50.1 Å².